The number of nitro groups is 1. The number of hydrogen-bond donors (Lipinski definition) is 1. The van der Waals surface area contributed by atoms with E-state index >= 15 is 0 Å². The predicted octanol–water partition coefficient (Wildman–Crippen LogP) is 1.68. The third-order valence-corrected chi connectivity index (χ3v) is 4.19. The Morgan fingerprint density at radius 1 is 1.50 bits per heavy atom. The predicted molar refractivity (Wildman–Crippen MR) is 74.1 cm³/mol. The molecule has 0 spiro atoms. The van der Waals surface area contributed by atoms with Gasteiger partial charge in [0.15, 0.2) is 9.84 Å². The topological polar surface area (TPSA) is 110 Å². The number of aromatic hydroxyl groups is 1. The fraction of sp³-hybridized carbons (Fsp3) is 0.182. The van der Waals surface area contributed by atoms with Crippen LogP contribution >= 0.6 is 11.6 Å². The summed E-state index contributed by atoms with van der Waals surface area (Å²) in [5.41, 5.74) is -0.476. The van der Waals surface area contributed by atoms with Crippen molar-refractivity contribution in [2.75, 3.05) is 5.75 Å². The van der Waals surface area contributed by atoms with Gasteiger partial charge in [0, 0.05) is 28.3 Å². The zero-order valence-corrected chi connectivity index (χ0v) is 11.5. The molecule has 20 heavy (non-hydrogen) atoms. The van der Waals surface area contributed by atoms with Crippen LogP contribution in [0.3, 0.4) is 0 Å². The van der Waals surface area contributed by atoms with Crippen molar-refractivity contribution < 1.29 is 18.4 Å². The first-order chi connectivity index (χ1) is 9.28. The maximum atomic E-state index is 11.2. The van der Waals surface area contributed by atoms with Crippen LogP contribution in [-0.4, -0.2) is 36.5 Å². The second kappa shape index (κ2) is 5.22. The summed E-state index contributed by atoms with van der Waals surface area (Å²) in [4.78, 5) is 13.9. The lowest BCUT2D eigenvalue weighted by atomic mass is 10.2. The van der Waals surface area contributed by atoms with Crippen LogP contribution in [-0.2, 0) is 9.84 Å². The van der Waals surface area contributed by atoms with Gasteiger partial charge in [0.1, 0.15) is 0 Å². The third kappa shape index (κ3) is 3.14. The number of sulfone groups is 1. The lowest BCUT2D eigenvalue weighted by Crippen LogP contribution is -2.08. The Balaban J connectivity index is 2.31. The molecule has 0 aromatic heterocycles. The highest BCUT2D eigenvalue weighted by Gasteiger charge is 2.21. The molecule has 0 saturated carbocycles. The Kier molecular flexibility index (Phi) is 3.78. The highest BCUT2D eigenvalue weighted by Crippen LogP contribution is 2.32. The van der Waals surface area contributed by atoms with Gasteiger partial charge in [-0.25, -0.2) is 8.42 Å². The van der Waals surface area contributed by atoms with E-state index in [9.17, 15) is 23.6 Å². The molecule has 1 aliphatic rings. The SMILES string of the molecule is O=[N+]([O-])c1cc(Cl)cc(C=N[C@@H]2C=CS(=O)(=O)C2)c1O. The summed E-state index contributed by atoms with van der Waals surface area (Å²) in [6.45, 7) is 0. The van der Waals surface area contributed by atoms with Crippen LogP contribution in [0, 0.1) is 10.1 Å². The molecule has 9 heteroatoms. The van der Waals surface area contributed by atoms with Crippen LogP contribution in [0.15, 0.2) is 28.6 Å². The van der Waals surface area contributed by atoms with Gasteiger partial charge < -0.3 is 5.11 Å². The third-order valence-electron chi connectivity index (χ3n) is 2.60. The van der Waals surface area contributed by atoms with E-state index in [4.69, 9.17) is 11.6 Å². The summed E-state index contributed by atoms with van der Waals surface area (Å²) in [6, 6.07) is 1.76. The van der Waals surface area contributed by atoms with Crippen molar-refractivity contribution >= 4 is 33.3 Å². The monoisotopic (exact) mass is 316 g/mol. The maximum Gasteiger partial charge on any atom is 0.312 e. The summed E-state index contributed by atoms with van der Waals surface area (Å²) < 4.78 is 22.4. The number of aliphatic imine (C=N–C) groups is 1. The molecule has 0 radical (unpaired) electrons. The van der Waals surface area contributed by atoms with Crippen molar-refractivity contribution in [3.63, 3.8) is 0 Å². The number of benzene rings is 1. The molecule has 106 valence electrons. The van der Waals surface area contributed by atoms with Crippen LogP contribution in [0.5, 0.6) is 5.75 Å². The Labute approximate surface area is 119 Å². The molecule has 1 aromatic carbocycles. The second-order valence-corrected chi connectivity index (χ2v) is 6.49. The maximum absolute atomic E-state index is 11.2. The van der Waals surface area contributed by atoms with E-state index in [1.54, 1.807) is 0 Å². The summed E-state index contributed by atoms with van der Waals surface area (Å²) in [5.74, 6) is -0.722. The zero-order chi connectivity index (χ0) is 14.9. The van der Waals surface area contributed by atoms with E-state index in [0.29, 0.717) is 0 Å². The fourth-order valence-electron chi connectivity index (χ4n) is 1.67. The van der Waals surface area contributed by atoms with Gasteiger partial charge in [-0.15, -0.1) is 0 Å². The number of hydrogen-bond acceptors (Lipinski definition) is 6. The van der Waals surface area contributed by atoms with E-state index < -0.39 is 32.2 Å². The van der Waals surface area contributed by atoms with E-state index in [-0.39, 0.29) is 16.3 Å². The Bertz CT molecular complexity index is 727. The van der Waals surface area contributed by atoms with Crippen LogP contribution < -0.4 is 0 Å². The quantitative estimate of drug-likeness (QED) is 0.518. The minimum absolute atomic E-state index is 0.0573. The van der Waals surface area contributed by atoms with Gasteiger partial charge in [0.2, 0.25) is 5.75 Å². The first-order valence-corrected chi connectivity index (χ1v) is 7.49. The summed E-state index contributed by atoms with van der Waals surface area (Å²) in [6.07, 6.45) is 2.58. The second-order valence-electron chi connectivity index (χ2n) is 4.12. The van der Waals surface area contributed by atoms with Crippen molar-refractivity contribution in [1.82, 2.24) is 0 Å². The van der Waals surface area contributed by atoms with Crippen LogP contribution in [0.2, 0.25) is 5.02 Å². The molecule has 1 aromatic rings. The molecule has 7 nitrogen and oxygen atoms in total. The number of phenolic OH excluding ortho intramolecular Hbond substituents is 1. The van der Waals surface area contributed by atoms with Crippen molar-refractivity contribution in [2.24, 2.45) is 4.99 Å². The van der Waals surface area contributed by atoms with Gasteiger partial charge in [0.05, 0.1) is 16.7 Å². The normalized spacial score (nSPS) is 20.6. The average molecular weight is 317 g/mol. The number of phenols is 1. The lowest BCUT2D eigenvalue weighted by Gasteiger charge is -2.03. The van der Waals surface area contributed by atoms with E-state index in [1.165, 1.54) is 18.4 Å². The molecule has 1 atom stereocenters. The minimum Gasteiger partial charge on any atom is -0.502 e. The highest BCUT2D eigenvalue weighted by molar-refractivity contribution is 7.94. The van der Waals surface area contributed by atoms with E-state index in [0.717, 1.165) is 11.5 Å². The summed E-state index contributed by atoms with van der Waals surface area (Å²) >= 11 is 5.72. The average Bonchev–Trinajstić information content (AvgIpc) is 2.69. The van der Waals surface area contributed by atoms with E-state index in [1.807, 2.05) is 0 Å². The van der Waals surface area contributed by atoms with Crippen LogP contribution in [0.1, 0.15) is 5.56 Å². The van der Waals surface area contributed by atoms with Crippen molar-refractivity contribution in [3.8, 4) is 5.75 Å². The minimum atomic E-state index is -3.23. The Hall–Kier alpha value is -1.93. The first kappa shape index (κ1) is 14.5. The molecule has 2 rings (SSSR count). The molecule has 1 heterocycles. The van der Waals surface area contributed by atoms with Gasteiger partial charge in [-0.05, 0) is 12.1 Å². The molecule has 0 fully saturated rings. The number of nitrogens with zero attached hydrogens (tertiary/aromatic N) is 2. The number of nitro benzene ring substituents is 1. The van der Waals surface area contributed by atoms with Crippen LogP contribution in [0.25, 0.3) is 0 Å². The Morgan fingerprint density at radius 2 is 2.20 bits per heavy atom. The first-order valence-electron chi connectivity index (χ1n) is 5.39. The van der Waals surface area contributed by atoms with Crippen molar-refractivity contribution in [2.45, 2.75) is 6.04 Å². The molecule has 1 N–H and O–H groups in total. The molecular formula is C11H9ClN2O5S. The Morgan fingerprint density at radius 3 is 2.75 bits per heavy atom. The molecule has 0 amide bonds. The zero-order valence-electron chi connectivity index (χ0n) is 9.93. The van der Waals surface area contributed by atoms with Gasteiger partial charge in [-0.1, -0.05) is 11.6 Å². The lowest BCUT2D eigenvalue weighted by molar-refractivity contribution is -0.385. The fourth-order valence-corrected chi connectivity index (χ4v) is 3.10. The molecule has 0 bridgehead atoms. The van der Waals surface area contributed by atoms with Gasteiger partial charge >= 0.3 is 5.69 Å². The van der Waals surface area contributed by atoms with Gasteiger partial charge in [-0.2, -0.15) is 0 Å². The number of halogens is 1. The number of rotatable bonds is 3. The molecule has 0 saturated heterocycles. The van der Waals surface area contributed by atoms with Crippen molar-refractivity contribution in [1.29, 1.82) is 0 Å². The van der Waals surface area contributed by atoms with Crippen molar-refractivity contribution in [3.05, 3.63) is 44.3 Å². The molecule has 0 unspecified atom stereocenters. The van der Waals surface area contributed by atoms with Gasteiger partial charge in [-0.3, -0.25) is 15.1 Å². The molecular weight excluding hydrogens is 308 g/mol. The standard InChI is InChI=1S/C11H9ClN2O5S/c12-8-3-7(11(15)10(4-8)14(16)17)5-13-9-1-2-20(18,19)6-9/h1-5,9,15H,6H2/t9-/m1/s1. The van der Waals surface area contributed by atoms with Crippen LogP contribution in [0.4, 0.5) is 5.69 Å². The smallest absolute Gasteiger partial charge is 0.312 e. The van der Waals surface area contributed by atoms with E-state index in [2.05, 4.69) is 4.99 Å². The molecule has 0 aliphatic carbocycles. The van der Waals surface area contributed by atoms with Gasteiger partial charge in [0.25, 0.3) is 0 Å². The largest absolute Gasteiger partial charge is 0.502 e. The highest BCUT2D eigenvalue weighted by atomic mass is 35.5. The molecule has 1 aliphatic heterocycles. The summed E-state index contributed by atoms with van der Waals surface area (Å²) in [7, 11) is -3.23. The summed E-state index contributed by atoms with van der Waals surface area (Å²) in [5, 5.41) is 21.6.